The third kappa shape index (κ3) is 4.20. The Labute approximate surface area is 154 Å². The van der Waals surface area contributed by atoms with Crippen LogP contribution in [0.15, 0.2) is 36.4 Å². The number of amides is 2. The summed E-state index contributed by atoms with van der Waals surface area (Å²) in [6.07, 6.45) is -0.801. The van der Waals surface area contributed by atoms with E-state index in [1.807, 2.05) is 19.1 Å². The molecule has 140 valence electrons. The number of halogens is 3. The zero-order valence-electron chi connectivity index (χ0n) is 14.5. The number of alkyl halides is 3. The Hall–Kier alpha value is -2.02. The van der Waals surface area contributed by atoms with E-state index in [-0.39, 0.29) is 11.7 Å². The van der Waals surface area contributed by atoms with Crippen molar-refractivity contribution in [3.8, 4) is 0 Å². The van der Waals surface area contributed by atoms with Gasteiger partial charge in [-0.1, -0.05) is 25.0 Å². The number of nitrogens with zero attached hydrogens (tertiary/aromatic N) is 1. The van der Waals surface area contributed by atoms with Gasteiger partial charge in [-0.2, -0.15) is 13.2 Å². The van der Waals surface area contributed by atoms with Crippen LogP contribution in [0.1, 0.15) is 47.0 Å². The van der Waals surface area contributed by atoms with E-state index in [1.54, 1.807) is 16.2 Å². The number of likely N-dealkylation sites (tertiary alicyclic amines) is 1. The zero-order valence-corrected chi connectivity index (χ0v) is 15.3. The summed E-state index contributed by atoms with van der Waals surface area (Å²) in [6.45, 7) is 2.55. The molecule has 1 unspecified atom stereocenters. The van der Waals surface area contributed by atoms with E-state index < -0.39 is 17.8 Å². The van der Waals surface area contributed by atoms with E-state index in [1.165, 1.54) is 18.2 Å². The topological polar surface area (TPSA) is 32.3 Å². The summed E-state index contributed by atoms with van der Waals surface area (Å²) in [5, 5.41) is 2.49. The Balaban J connectivity index is 1.85. The minimum Gasteiger partial charge on any atom is -0.317 e. The number of benzene rings is 1. The predicted molar refractivity (Wildman–Crippen MR) is 97.4 cm³/mol. The molecular weight excluding hydrogens is 361 g/mol. The van der Waals surface area contributed by atoms with E-state index >= 15 is 0 Å². The summed E-state index contributed by atoms with van der Waals surface area (Å²) < 4.78 is 39.6. The van der Waals surface area contributed by atoms with Gasteiger partial charge in [-0.3, -0.25) is 0 Å². The molecule has 26 heavy (non-hydrogen) atoms. The number of thiophene rings is 1. The SMILES string of the molecule is Cc1ccc(C2CCCCCN2C(=O)Nc2ccccc2C(F)(F)F)s1. The summed E-state index contributed by atoms with van der Waals surface area (Å²) in [4.78, 5) is 16.8. The molecule has 1 aromatic heterocycles. The summed E-state index contributed by atoms with van der Waals surface area (Å²) in [7, 11) is 0. The van der Waals surface area contributed by atoms with Gasteiger partial charge in [0, 0.05) is 16.3 Å². The molecule has 7 heteroatoms. The number of hydrogen-bond acceptors (Lipinski definition) is 2. The molecule has 2 amide bonds. The molecule has 0 spiro atoms. The second-order valence-electron chi connectivity index (χ2n) is 6.48. The van der Waals surface area contributed by atoms with Gasteiger partial charge in [0.2, 0.25) is 0 Å². The Bertz CT molecular complexity index is 772. The first-order chi connectivity index (χ1) is 12.4. The molecule has 3 rings (SSSR count). The van der Waals surface area contributed by atoms with Crippen LogP contribution in [0.25, 0.3) is 0 Å². The summed E-state index contributed by atoms with van der Waals surface area (Å²) in [5.41, 5.74) is -1.03. The maximum Gasteiger partial charge on any atom is 0.418 e. The highest BCUT2D eigenvalue weighted by Gasteiger charge is 2.35. The van der Waals surface area contributed by atoms with Crippen LogP contribution in [0.2, 0.25) is 0 Å². The Morgan fingerprint density at radius 3 is 2.62 bits per heavy atom. The molecule has 2 aromatic rings. The highest BCUT2D eigenvalue weighted by Crippen LogP contribution is 2.37. The van der Waals surface area contributed by atoms with Crippen LogP contribution in [0.3, 0.4) is 0 Å². The fourth-order valence-electron chi connectivity index (χ4n) is 3.31. The van der Waals surface area contributed by atoms with Gasteiger partial charge in [-0.25, -0.2) is 4.79 Å². The van der Waals surface area contributed by atoms with Gasteiger partial charge in [0.05, 0.1) is 17.3 Å². The fraction of sp³-hybridized carbons (Fsp3) is 0.421. The fourth-order valence-corrected chi connectivity index (χ4v) is 4.33. The summed E-state index contributed by atoms with van der Waals surface area (Å²) in [6, 6.07) is 8.56. The van der Waals surface area contributed by atoms with Gasteiger partial charge < -0.3 is 10.2 Å². The van der Waals surface area contributed by atoms with Crippen molar-refractivity contribution in [3.05, 3.63) is 51.7 Å². The zero-order chi connectivity index (χ0) is 18.7. The predicted octanol–water partition coefficient (Wildman–Crippen LogP) is 6.22. The number of anilines is 1. The first kappa shape index (κ1) is 18.8. The summed E-state index contributed by atoms with van der Waals surface area (Å²) >= 11 is 1.64. The van der Waals surface area contributed by atoms with Gasteiger partial charge in [0.15, 0.2) is 0 Å². The minimum atomic E-state index is -4.51. The molecule has 1 aliphatic heterocycles. The average Bonchev–Trinajstić information content (AvgIpc) is 2.87. The van der Waals surface area contributed by atoms with Crippen molar-refractivity contribution in [1.29, 1.82) is 0 Å². The quantitative estimate of drug-likeness (QED) is 0.656. The second-order valence-corrected chi connectivity index (χ2v) is 7.80. The van der Waals surface area contributed by atoms with Crippen molar-refractivity contribution in [2.45, 2.75) is 44.8 Å². The summed E-state index contributed by atoms with van der Waals surface area (Å²) in [5.74, 6) is 0. The van der Waals surface area contributed by atoms with Crippen LogP contribution >= 0.6 is 11.3 Å². The van der Waals surface area contributed by atoms with Crippen LogP contribution < -0.4 is 5.32 Å². The van der Waals surface area contributed by atoms with Crippen molar-refractivity contribution in [2.75, 3.05) is 11.9 Å². The molecule has 3 nitrogen and oxygen atoms in total. The van der Waals surface area contributed by atoms with Gasteiger partial charge in [0.1, 0.15) is 0 Å². The minimum absolute atomic E-state index is 0.0887. The number of carbonyl (C=O) groups is 1. The van der Waals surface area contributed by atoms with E-state index in [4.69, 9.17) is 0 Å². The molecular formula is C19H21F3N2OS. The lowest BCUT2D eigenvalue weighted by atomic mass is 10.1. The van der Waals surface area contributed by atoms with Gasteiger partial charge in [0.25, 0.3) is 0 Å². The molecule has 1 aliphatic rings. The van der Waals surface area contributed by atoms with Crippen LogP contribution in [0.5, 0.6) is 0 Å². The Morgan fingerprint density at radius 1 is 1.15 bits per heavy atom. The van der Waals surface area contributed by atoms with E-state index in [0.29, 0.717) is 6.54 Å². The molecule has 0 radical (unpaired) electrons. The van der Waals surface area contributed by atoms with Crippen molar-refractivity contribution in [2.24, 2.45) is 0 Å². The monoisotopic (exact) mass is 382 g/mol. The van der Waals surface area contributed by atoms with Crippen molar-refractivity contribution in [1.82, 2.24) is 4.90 Å². The van der Waals surface area contributed by atoms with Gasteiger partial charge in [-0.05, 0) is 44.0 Å². The number of aryl methyl sites for hydroxylation is 1. The average molecular weight is 382 g/mol. The highest BCUT2D eigenvalue weighted by molar-refractivity contribution is 7.12. The molecule has 1 atom stereocenters. The molecule has 0 saturated carbocycles. The molecule has 0 bridgehead atoms. The maximum atomic E-state index is 13.2. The lowest BCUT2D eigenvalue weighted by Crippen LogP contribution is -2.38. The van der Waals surface area contributed by atoms with Crippen molar-refractivity contribution in [3.63, 3.8) is 0 Å². The second kappa shape index (κ2) is 7.70. The molecule has 1 fully saturated rings. The highest BCUT2D eigenvalue weighted by atomic mass is 32.1. The molecule has 2 heterocycles. The van der Waals surface area contributed by atoms with E-state index in [2.05, 4.69) is 5.32 Å². The van der Waals surface area contributed by atoms with Gasteiger partial charge >= 0.3 is 12.2 Å². The Kier molecular flexibility index (Phi) is 5.55. The lowest BCUT2D eigenvalue weighted by molar-refractivity contribution is -0.136. The standard InChI is InChI=1S/C19H21F3N2OS/c1-13-10-11-17(26-13)16-9-3-2-6-12-24(16)18(25)23-15-8-5-4-7-14(15)19(20,21)22/h4-5,7-8,10-11,16H,2-3,6,9,12H2,1H3,(H,23,25). The van der Waals surface area contributed by atoms with Gasteiger partial charge in [-0.15, -0.1) is 11.3 Å². The number of carbonyl (C=O) groups excluding carboxylic acids is 1. The van der Waals surface area contributed by atoms with Crippen LogP contribution in [0, 0.1) is 6.92 Å². The first-order valence-corrected chi connectivity index (χ1v) is 9.48. The molecule has 0 aliphatic carbocycles. The first-order valence-electron chi connectivity index (χ1n) is 8.66. The van der Waals surface area contributed by atoms with Crippen LogP contribution in [-0.2, 0) is 6.18 Å². The largest absolute Gasteiger partial charge is 0.418 e. The molecule has 1 saturated heterocycles. The molecule has 1 N–H and O–H groups in total. The van der Waals surface area contributed by atoms with Crippen molar-refractivity contribution < 1.29 is 18.0 Å². The molecule has 1 aromatic carbocycles. The van der Waals surface area contributed by atoms with Crippen LogP contribution in [0.4, 0.5) is 23.7 Å². The lowest BCUT2D eigenvalue weighted by Gasteiger charge is -2.30. The number of urea groups is 1. The Morgan fingerprint density at radius 2 is 1.92 bits per heavy atom. The van der Waals surface area contributed by atoms with Crippen molar-refractivity contribution >= 4 is 23.1 Å². The smallest absolute Gasteiger partial charge is 0.317 e. The number of hydrogen-bond donors (Lipinski definition) is 1. The third-order valence-corrected chi connectivity index (χ3v) is 5.68. The van der Waals surface area contributed by atoms with E-state index in [0.717, 1.165) is 41.5 Å². The van der Waals surface area contributed by atoms with E-state index in [9.17, 15) is 18.0 Å². The number of rotatable bonds is 2. The number of nitrogens with one attached hydrogen (secondary N) is 1. The number of para-hydroxylation sites is 1. The third-order valence-electron chi connectivity index (χ3n) is 4.58. The van der Waals surface area contributed by atoms with Crippen LogP contribution in [-0.4, -0.2) is 17.5 Å². The maximum absolute atomic E-state index is 13.2. The normalized spacial score (nSPS) is 18.5.